The Kier molecular flexibility index (Phi) is 12.9. The fourth-order valence-electron chi connectivity index (χ4n) is 11.3. The highest BCUT2D eigenvalue weighted by Gasteiger charge is 2.27. The van der Waals surface area contributed by atoms with Crippen molar-refractivity contribution in [1.82, 2.24) is 15.0 Å². The Hall–Kier alpha value is -6.45. The summed E-state index contributed by atoms with van der Waals surface area (Å²) in [6.45, 7) is 8.86. The molecule has 70 heavy (non-hydrogen) atoms. The average molecular weight is 922 g/mol. The molecule has 3 aromatic heterocycles. The molecule has 0 bridgehead atoms. The zero-order valence-electron chi connectivity index (χ0n) is 45.7. The van der Waals surface area contributed by atoms with Gasteiger partial charge in [0.15, 0.2) is 0 Å². The highest BCUT2D eigenvalue weighted by Crippen LogP contribution is 2.42. The van der Waals surface area contributed by atoms with E-state index >= 15 is 0 Å². The Morgan fingerprint density at radius 3 is 1.29 bits per heavy atom. The van der Waals surface area contributed by atoms with E-state index in [0.29, 0.717) is 35.8 Å². The summed E-state index contributed by atoms with van der Waals surface area (Å²) >= 11 is 0. The van der Waals surface area contributed by atoms with Crippen LogP contribution in [-0.2, 0) is 36.4 Å². The molecule has 3 nitrogen and oxygen atoms in total. The van der Waals surface area contributed by atoms with Gasteiger partial charge in [0.05, 0.1) is 17.1 Å². The third kappa shape index (κ3) is 11.3. The van der Waals surface area contributed by atoms with E-state index in [4.69, 9.17) is 15.0 Å². The molecule has 354 valence electrons. The molecule has 5 aromatic carbocycles. The van der Waals surface area contributed by atoms with Crippen LogP contribution in [0.2, 0.25) is 0 Å². The lowest BCUT2D eigenvalue weighted by Crippen LogP contribution is -2.23. The molecular formula is C67H71N3. The summed E-state index contributed by atoms with van der Waals surface area (Å²) in [5.74, 6) is 0.913. The maximum Gasteiger partial charge on any atom is 0.0708 e. The Balaban J connectivity index is 1.07. The minimum atomic E-state index is -2.51. The van der Waals surface area contributed by atoms with E-state index in [1.807, 2.05) is 97.3 Å². The van der Waals surface area contributed by atoms with Crippen molar-refractivity contribution < 1.29 is 5.48 Å². The van der Waals surface area contributed by atoms with E-state index in [0.717, 1.165) is 87.3 Å². The maximum atomic E-state index is 10.3. The number of hydrogen-bond acceptors (Lipinski definition) is 3. The fourth-order valence-corrected chi connectivity index (χ4v) is 11.3. The Morgan fingerprint density at radius 1 is 0.414 bits per heavy atom. The van der Waals surface area contributed by atoms with Crippen LogP contribution >= 0.6 is 0 Å². The normalized spacial score (nSPS) is 16.2. The quantitative estimate of drug-likeness (QED) is 0.103. The molecule has 10 rings (SSSR count). The number of hydrogen-bond donors (Lipinski definition) is 0. The predicted molar refractivity (Wildman–Crippen MR) is 293 cm³/mol. The van der Waals surface area contributed by atoms with Crippen molar-refractivity contribution in [3.05, 3.63) is 221 Å². The molecule has 3 heterocycles. The molecule has 0 amide bonds. The number of nitrogens with zero attached hydrogens (tertiary/aromatic N) is 3. The highest BCUT2D eigenvalue weighted by atomic mass is 14.7. The summed E-state index contributed by atoms with van der Waals surface area (Å²) in [4.78, 5) is 14.8. The summed E-state index contributed by atoms with van der Waals surface area (Å²) in [5, 5.41) is 0. The minimum absolute atomic E-state index is 0.263. The van der Waals surface area contributed by atoms with Crippen molar-refractivity contribution in [2.75, 3.05) is 0 Å². The second-order valence-corrected chi connectivity index (χ2v) is 21.5. The van der Waals surface area contributed by atoms with Gasteiger partial charge in [-0.2, -0.15) is 0 Å². The Morgan fingerprint density at radius 2 is 0.843 bits per heavy atom. The van der Waals surface area contributed by atoms with E-state index in [2.05, 4.69) is 100 Å². The highest BCUT2D eigenvalue weighted by molar-refractivity contribution is 5.74. The van der Waals surface area contributed by atoms with Gasteiger partial charge < -0.3 is 0 Å². The predicted octanol–water partition coefficient (Wildman–Crippen LogP) is 17.5. The molecule has 8 aromatic rings. The Labute approximate surface area is 424 Å². The third-order valence-electron chi connectivity index (χ3n) is 15.3. The second kappa shape index (κ2) is 21.3. The third-order valence-corrected chi connectivity index (χ3v) is 15.3. The average Bonchev–Trinajstić information content (AvgIpc) is 3.44. The number of aromatic nitrogens is 3. The number of benzene rings is 5. The molecule has 2 fully saturated rings. The van der Waals surface area contributed by atoms with Gasteiger partial charge in [-0.25, -0.2) is 0 Å². The largest absolute Gasteiger partial charge is 0.256 e. The SMILES string of the molecule is [2H]C([2H])(c1cc(CC(C)(C)c2ccc(-c3ccccc3)nc2)cc(CC(C)(C)c2ccc(-c3ccccc3)nc2)c1)C([2H])([2H])c1cnc(-c2ccccc2)cc1-c1cc(C2CCCCC2)cc(C2CCCCC2)c1. The van der Waals surface area contributed by atoms with Crippen LogP contribution in [0.3, 0.4) is 0 Å². The van der Waals surface area contributed by atoms with Crippen molar-refractivity contribution in [2.45, 2.75) is 140 Å². The van der Waals surface area contributed by atoms with Gasteiger partial charge in [0.2, 0.25) is 0 Å². The van der Waals surface area contributed by atoms with Gasteiger partial charge in [0.1, 0.15) is 0 Å². The molecule has 0 N–H and O–H groups in total. The minimum Gasteiger partial charge on any atom is -0.256 e. The van der Waals surface area contributed by atoms with Crippen LogP contribution in [0.1, 0.15) is 154 Å². The van der Waals surface area contributed by atoms with Gasteiger partial charge in [-0.1, -0.05) is 206 Å². The van der Waals surface area contributed by atoms with E-state index in [1.54, 1.807) is 6.20 Å². The zero-order valence-corrected chi connectivity index (χ0v) is 41.7. The van der Waals surface area contributed by atoms with Crippen LogP contribution in [0.4, 0.5) is 0 Å². The molecule has 0 radical (unpaired) electrons. The first-order valence-electron chi connectivity index (χ1n) is 28.0. The van der Waals surface area contributed by atoms with Crippen LogP contribution in [0.25, 0.3) is 44.9 Å². The van der Waals surface area contributed by atoms with Gasteiger partial charge in [0, 0.05) is 40.8 Å². The van der Waals surface area contributed by atoms with E-state index in [-0.39, 0.29) is 16.4 Å². The van der Waals surface area contributed by atoms with Crippen LogP contribution in [0.5, 0.6) is 0 Å². The monoisotopic (exact) mass is 922 g/mol. The van der Waals surface area contributed by atoms with Crippen molar-refractivity contribution in [3.63, 3.8) is 0 Å². The molecular weight excluding hydrogens is 847 g/mol. The van der Waals surface area contributed by atoms with Crippen LogP contribution in [0.15, 0.2) is 176 Å². The molecule has 0 atom stereocenters. The fraction of sp³-hybridized carbons (Fsp3) is 0.328. The molecule has 3 heteroatoms. The first-order chi connectivity index (χ1) is 35.6. The van der Waals surface area contributed by atoms with Crippen LogP contribution in [0, 0.1) is 0 Å². The molecule has 2 aliphatic carbocycles. The molecule has 0 unspecified atom stereocenters. The zero-order chi connectivity index (χ0) is 51.5. The molecule has 2 aliphatic rings. The smallest absolute Gasteiger partial charge is 0.0708 e. The number of aryl methyl sites for hydroxylation is 2. The summed E-state index contributed by atoms with van der Waals surface area (Å²) in [5.41, 5.74) is 13.8. The van der Waals surface area contributed by atoms with Crippen LogP contribution < -0.4 is 0 Å². The van der Waals surface area contributed by atoms with E-state index < -0.39 is 12.7 Å². The number of rotatable bonds is 15. The maximum absolute atomic E-state index is 10.3. The summed E-state index contributed by atoms with van der Waals surface area (Å²) in [6.07, 6.45) is 13.8. The van der Waals surface area contributed by atoms with Crippen molar-refractivity contribution in [3.8, 4) is 44.9 Å². The second-order valence-electron chi connectivity index (χ2n) is 21.5. The lowest BCUT2D eigenvalue weighted by Gasteiger charge is -2.28. The van der Waals surface area contributed by atoms with Crippen molar-refractivity contribution in [2.24, 2.45) is 0 Å². The number of pyridine rings is 3. The first kappa shape index (κ1) is 42.4. The standard InChI is InChI=1S/C67H71N3/c1-66(2,60-32-34-63(69-46-60)53-24-14-7-15-25-53)43-49-36-48(37-50(38-49)44-67(3,4)61-33-35-64(70-47-61)54-26-16-8-17-27-54)30-31-56-45-68-65(55-28-18-9-19-29-55)42-62(56)59-40-57(51-20-10-5-11-21-51)39-58(41-59)52-22-12-6-13-23-52/h7-9,14-19,24-29,32-42,45-47,51-52H,5-6,10-13,20-23,30-31,43-44H2,1-4H3/i30D2,31D2. The van der Waals surface area contributed by atoms with Gasteiger partial charge in [-0.05, 0) is 148 Å². The summed E-state index contributed by atoms with van der Waals surface area (Å²) in [7, 11) is 0. The van der Waals surface area contributed by atoms with E-state index in [1.165, 1.54) is 49.7 Å². The lowest BCUT2D eigenvalue weighted by molar-refractivity contribution is 0.435. The lowest BCUT2D eigenvalue weighted by atomic mass is 9.77. The Bertz CT molecular complexity index is 3000. The molecule has 0 saturated heterocycles. The van der Waals surface area contributed by atoms with Gasteiger partial charge in [-0.15, -0.1) is 0 Å². The van der Waals surface area contributed by atoms with Crippen molar-refractivity contribution in [1.29, 1.82) is 0 Å². The van der Waals surface area contributed by atoms with Crippen molar-refractivity contribution >= 4 is 0 Å². The summed E-state index contributed by atoms with van der Waals surface area (Å²) < 4.78 is 41.0. The van der Waals surface area contributed by atoms with Crippen LogP contribution in [-0.4, -0.2) is 15.0 Å². The first-order valence-corrected chi connectivity index (χ1v) is 26.0. The summed E-state index contributed by atoms with van der Waals surface area (Å²) in [6, 6.07) is 54.2. The van der Waals surface area contributed by atoms with Gasteiger partial charge in [0.25, 0.3) is 0 Å². The van der Waals surface area contributed by atoms with Gasteiger partial charge >= 0.3 is 0 Å². The van der Waals surface area contributed by atoms with E-state index in [9.17, 15) is 5.48 Å². The molecule has 0 spiro atoms. The van der Waals surface area contributed by atoms with Gasteiger partial charge in [-0.3, -0.25) is 15.0 Å². The molecule has 2 saturated carbocycles. The topological polar surface area (TPSA) is 38.7 Å². The molecule has 0 aliphatic heterocycles.